The van der Waals surface area contributed by atoms with Crippen LogP contribution in [0.15, 0.2) is 60.7 Å². The molecule has 2 aromatic rings. The van der Waals surface area contributed by atoms with Crippen molar-refractivity contribution < 1.29 is 9.90 Å². The van der Waals surface area contributed by atoms with Crippen molar-refractivity contribution in [1.29, 1.82) is 0 Å². The van der Waals surface area contributed by atoms with Crippen LogP contribution < -0.4 is 5.32 Å². The topological polar surface area (TPSA) is 49.3 Å². The van der Waals surface area contributed by atoms with Crippen molar-refractivity contribution >= 4 is 5.97 Å². The van der Waals surface area contributed by atoms with Gasteiger partial charge in [-0.3, -0.25) is 4.79 Å². The molecule has 1 aliphatic rings. The largest absolute Gasteiger partial charge is 0.480 e. The van der Waals surface area contributed by atoms with E-state index in [-0.39, 0.29) is 5.92 Å². The Bertz CT molecular complexity index is 634. The number of aliphatic carboxylic acids is 1. The average molecular weight is 351 g/mol. The molecule has 0 bridgehead atoms. The van der Waals surface area contributed by atoms with Crippen LogP contribution in [0.5, 0.6) is 0 Å². The molecule has 1 aliphatic heterocycles. The lowest BCUT2D eigenvalue weighted by atomic mass is 9.72. The molecule has 1 heterocycles. The third-order valence-corrected chi connectivity index (χ3v) is 5.77. The van der Waals surface area contributed by atoms with Crippen LogP contribution in [0.4, 0.5) is 0 Å². The third kappa shape index (κ3) is 4.53. The first-order valence-electron chi connectivity index (χ1n) is 9.77. The average Bonchev–Trinajstić information content (AvgIpc) is 2.70. The second kappa shape index (κ2) is 9.00. The number of hydrogen-bond donors (Lipinski definition) is 2. The molecule has 2 N–H and O–H groups in total. The van der Waals surface area contributed by atoms with E-state index in [1.54, 1.807) is 0 Å². The van der Waals surface area contributed by atoms with Gasteiger partial charge < -0.3 is 10.4 Å². The molecule has 3 rings (SSSR count). The standard InChI is InChI=1S/C23H29NO2/c25-22(26)23(17-7-8-18-24-23)21(15-13-19-9-3-1-4-10-19)16-14-20-11-5-2-6-12-20/h1-6,9-12,21,24H,7-8,13-18H2,(H,25,26)/t23-/m0/s1. The van der Waals surface area contributed by atoms with Gasteiger partial charge in [-0.2, -0.15) is 0 Å². The van der Waals surface area contributed by atoms with Gasteiger partial charge in [0.05, 0.1) is 0 Å². The maximum atomic E-state index is 12.3. The summed E-state index contributed by atoms with van der Waals surface area (Å²) in [6.45, 7) is 0.805. The summed E-state index contributed by atoms with van der Waals surface area (Å²) < 4.78 is 0. The molecular formula is C23H29NO2. The molecule has 138 valence electrons. The second-order valence-corrected chi connectivity index (χ2v) is 7.41. The van der Waals surface area contributed by atoms with Gasteiger partial charge in [0, 0.05) is 0 Å². The number of hydrogen-bond acceptors (Lipinski definition) is 2. The molecular weight excluding hydrogens is 322 g/mol. The van der Waals surface area contributed by atoms with Crippen molar-refractivity contribution in [2.45, 2.75) is 50.5 Å². The van der Waals surface area contributed by atoms with Crippen molar-refractivity contribution in [3.63, 3.8) is 0 Å². The summed E-state index contributed by atoms with van der Waals surface area (Å²) in [4.78, 5) is 12.3. The van der Waals surface area contributed by atoms with Gasteiger partial charge in [-0.1, -0.05) is 60.7 Å². The van der Waals surface area contributed by atoms with Crippen LogP contribution in [0.2, 0.25) is 0 Å². The van der Waals surface area contributed by atoms with Gasteiger partial charge in [0.15, 0.2) is 0 Å². The van der Waals surface area contributed by atoms with E-state index in [4.69, 9.17) is 0 Å². The Labute approximate surface area is 156 Å². The molecule has 3 nitrogen and oxygen atoms in total. The molecule has 3 heteroatoms. The molecule has 1 saturated heterocycles. The highest BCUT2D eigenvalue weighted by atomic mass is 16.4. The quantitative estimate of drug-likeness (QED) is 0.738. The number of nitrogens with one attached hydrogen (secondary N) is 1. The zero-order valence-corrected chi connectivity index (χ0v) is 15.4. The van der Waals surface area contributed by atoms with Gasteiger partial charge in [0.25, 0.3) is 0 Å². The molecule has 2 aromatic carbocycles. The van der Waals surface area contributed by atoms with Crippen LogP contribution in [0.3, 0.4) is 0 Å². The van der Waals surface area contributed by atoms with Gasteiger partial charge in [0.2, 0.25) is 0 Å². The Balaban J connectivity index is 1.76. The Morgan fingerprint density at radius 2 is 1.46 bits per heavy atom. The van der Waals surface area contributed by atoms with E-state index < -0.39 is 11.5 Å². The van der Waals surface area contributed by atoms with Gasteiger partial charge >= 0.3 is 5.97 Å². The van der Waals surface area contributed by atoms with Crippen LogP contribution in [-0.4, -0.2) is 23.2 Å². The molecule has 26 heavy (non-hydrogen) atoms. The van der Waals surface area contributed by atoms with Gasteiger partial charge in [-0.05, 0) is 68.5 Å². The number of aryl methyl sites for hydroxylation is 2. The maximum Gasteiger partial charge on any atom is 0.324 e. The summed E-state index contributed by atoms with van der Waals surface area (Å²) in [5.74, 6) is -0.552. The highest BCUT2D eigenvalue weighted by molar-refractivity contribution is 5.79. The Morgan fingerprint density at radius 1 is 0.923 bits per heavy atom. The first-order chi connectivity index (χ1) is 12.7. The summed E-state index contributed by atoms with van der Waals surface area (Å²) in [7, 11) is 0. The molecule has 1 atom stereocenters. The summed E-state index contributed by atoms with van der Waals surface area (Å²) >= 11 is 0. The van der Waals surface area contributed by atoms with Gasteiger partial charge in [-0.15, -0.1) is 0 Å². The predicted octanol–water partition coefficient (Wildman–Crippen LogP) is 4.47. The van der Waals surface area contributed by atoms with Gasteiger partial charge in [0.1, 0.15) is 5.54 Å². The number of rotatable bonds is 8. The third-order valence-electron chi connectivity index (χ3n) is 5.77. The predicted molar refractivity (Wildman–Crippen MR) is 105 cm³/mol. The van der Waals surface area contributed by atoms with Crippen LogP contribution in [0.25, 0.3) is 0 Å². The highest BCUT2D eigenvalue weighted by Crippen LogP contribution is 2.34. The van der Waals surface area contributed by atoms with E-state index >= 15 is 0 Å². The molecule has 1 fully saturated rings. The Hall–Kier alpha value is -2.13. The van der Waals surface area contributed by atoms with E-state index in [1.807, 2.05) is 12.1 Å². The van der Waals surface area contributed by atoms with Crippen molar-refractivity contribution in [1.82, 2.24) is 5.32 Å². The number of piperidine rings is 1. The fraction of sp³-hybridized carbons (Fsp3) is 0.435. The second-order valence-electron chi connectivity index (χ2n) is 7.41. The monoisotopic (exact) mass is 351 g/mol. The number of benzene rings is 2. The Kier molecular flexibility index (Phi) is 6.45. The van der Waals surface area contributed by atoms with E-state index in [0.717, 1.165) is 51.5 Å². The molecule has 0 amide bonds. The van der Waals surface area contributed by atoms with Crippen molar-refractivity contribution in [3.8, 4) is 0 Å². The molecule has 0 spiro atoms. The number of carboxylic acid groups (broad SMARTS) is 1. The lowest BCUT2D eigenvalue weighted by molar-refractivity contribution is -0.149. The van der Waals surface area contributed by atoms with Crippen molar-refractivity contribution in [2.24, 2.45) is 5.92 Å². The molecule has 0 saturated carbocycles. The van der Waals surface area contributed by atoms with Crippen molar-refractivity contribution in [2.75, 3.05) is 6.54 Å². The maximum absolute atomic E-state index is 12.3. The summed E-state index contributed by atoms with van der Waals surface area (Å²) in [5.41, 5.74) is 1.80. The molecule has 0 aliphatic carbocycles. The SMILES string of the molecule is O=C(O)[C@@]1(C(CCc2ccccc2)CCc2ccccc2)CCCCN1. The summed E-state index contributed by atoms with van der Waals surface area (Å²) in [6, 6.07) is 20.8. The summed E-state index contributed by atoms with van der Waals surface area (Å²) in [5, 5.41) is 13.5. The number of carbonyl (C=O) groups is 1. The first-order valence-corrected chi connectivity index (χ1v) is 9.77. The molecule has 0 aromatic heterocycles. The first kappa shape index (κ1) is 18.7. The van der Waals surface area contributed by atoms with E-state index in [0.29, 0.717) is 0 Å². The van der Waals surface area contributed by atoms with Crippen LogP contribution >= 0.6 is 0 Å². The summed E-state index contributed by atoms with van der Waals surface area (Å²) in [6.07, 6.45) is 6.45. The number of carboxylic acids is 1. The molecule has 0 unspecified atom stereocenters. The lowest BCUT2D eigenvalue weighted by Gasteiger charge is -2.41. The highest BCUT2D eigenvalue weighted by Gasteiger charge is 2.45. The minimum absolute atomic E-state index is 0.126. The zero-order chi connectivity index (χ0) is 18.2. The van der Waals surface area contributed by atoms with E-state index in [1.165, 1.54) is 11.1 Å². The smallest absolute Gasteiger partial charge is 0.324 e. The minimum atomic E-state index is -0.776. The van der Waals surface area contributed by atoms with Crippen molar-refractivity contribution in [3.05, 3.63) is 71.8 Å². The Morgan fingerprint density at radius 3 is 1.88 bits per heavy atom. The van der Waals surface area contributed by atoms with Gasteiger partial charge in [-0.25, -0.2) is 0 Å². The van der Waals surface area contributed by atoms with Crippen LogP contribution in [0, 0.1) is 5.92 Å². The fourth-order valence-corrected chi connectivity index (χ4v) is 4.24. The minimum Gasteiger partial charge on any atom is -0.480 e. The normalized spacial score (nSPS) is 20.2. The fourth-order valence-electron chi connectivity index (χ4n) is 4.24. The van der Waals surface area contributed by atoms with E-state index in [9.17, 15) is 9.90 Å². The van der Waals surface area contributed by atoms with Crippen LogP contribution in [0.1, 0.15) is 43.2 Å². The van der Waals surface area contributed by atoms with Crippen LogP contribution in [-0.2, 0) is 17.6 Å². The molecule has 0 radical (unpaired) electrons. The lowest BCUT2D eigenvalue weighted by Crippen LogP contribution is -2.59. The zero-order valence-electron chi connectivity index (χ0n) is 15.4. The van der Waals surface area contributed by atoms with E-state index in [2.05, 4.69) is 53.8 Å².